The summed E-state index contributed by atoms with van der Waals surface area (Å²) >= 11 is 0. The van der Waals surface area contributed by atoms with Crippen molar-refractivity contribution < 1.29 is 18.0 Å². The first-order valence-electron chi connectivity index (χ1n) is 6.71. The normalized spacial score (nSPS) is 11.7. The summed E-state index contributed by atoms with van der Waals surface area (Å²) in [4.78, 5) is 28.8. The Balaban J connectivity index is 2.57. The second-order valence-corrected chi connectivity index (χ2v) is 4.84. The Labute approximate surface area is 128 Å². The molecule has 1 amide bonds. The van der Waals surface area contributed by atoms with Crippen LogP contribution in [0.25, 0.3) is 11.4 Å². The molecule has 0 aliphatic heterocycles. The Morgan fingerprint density at radius 1 is 1.39 bits per heavy atom. The van der Waals surface area contributed by atoms with E-state index in [1.54, 1.807) is 6.92 Å². The summed E-state index contributed by atoms with van der Waals surface area (Å²) < 4.78 is 38.8. The van der Waals surface area contributed by atoms with Crippen molar-refractivity contribution in [2.45, 2.75) is 32.5 Å². The highest BCUT2D eigenvalue weighted by atomic mass is 19.4. The molecular weight excluding hydrogens is 315 g/mol. The SMILES string of the molecule is CCc1[nH]c(=O)ccc1-c1nc(CC(N)=O)nn1CC(F)(F)F. The van der Waals surface area contributed by atoms with Crippen LogP contribution in [0.15, 0.2) is 16.9 Å². The molecule has 0 spiro atoms. The fourth-order valence-corrected chi connectivity index (χ4v) is 2.10. The summed E-state index contributed by atoms with van der Waals surface area (Å²) in [6, 6.07) is 2.57. The summed E-state index contributed by atoms with van der Waals surface area (Å²) in [5.74, 6) is -0.936. The molecule has 124 valence electrons. The van der Waals surface area contributed by atoms with Gasteiger partial charge < -0.3 is 10.7 Å². The number of aryl methyl sites for hydroxylation is 1. The maximum Gasteiger partial charge on any atom is 0.408 e. The number of aromatic nitrogens is 4. The Morgan fingerprint density at radius 2 is 2.09 bits per heavy atom. The zero-order valence-corrected chi connectivity index (χ0v) is 12.1. The second-order valence-electron chi connectivity index (χ2n) is 4.84. The quantitative estimate of drug-likeness (QED) is 0.845. The predicted octanol–water partition coefficient (Wildman–Crippen LogP) is 0.786. The van der Waals surface area contributed by atoms with Crippen molar-refractivity contribution >= 4 is 5.91 Å². The first-order valence-corrected chi connectivity index (χ1v) is 6.71. The number of primary amides is 1. The van der Waals surface area contributed by atoms with Gasteiger partial charge in [-0.15, -0.1) is 0 Å². The molecule has 3 N–H and O–H groups in total. The van der Waals surface area contributed by atoms with E-state index >= 15 is 0 Å². The number of amides is 1. The highest BCUT2D eigenvalue weighted by Crippen LogP contribution is 2.24. The van der Waals surface area contributed by atoms with Crippen LogP contribution in [0.1, 0.15) is 18.4 Å². The summed E-state index contributed by atoms with van der Waals surface area (Å²) in [7, 11) is 0. The number of carbonyl (C=O) groups excluding carboxylic acids is 1. The van der Waals surface area contributed by atoms with Crippen molar-refractivity contribution in [2.75, 3.05) is 0 Å². The summed E-state index contributed by atoms with van der Waals surface area (Å²) in [5, 5.41) is 3.70. The van der Waals surface area contributed by atoms with Gasteiger partial charge in [0.05, 0.1) is 6.42 Å². The number of hydrogen-bond donors (Lipinski definition) is 2. The highest BCUT2D eigenvalue weighted by Gasteiger charge is 2.31. The van der Waals surface area contributed by atoms with E-state index in [0.29, 0.717) is 22.4 Å². The number of alkyl halides is 3. The Kier molecular flexibility index (Phi) is 4.52. The molecule has 0 fully saturated rings. The van der Waals surface area contributed by atoms with Crippen LogP contribution in [0.2, 0.25) is 0 Å². The lowest BCUT2D eigenvalue weighted by Crippen LogP contribution is -2.20. The molecule has 0 saturated heterocycles. The van der Waals surface area contributed by atoms with Crippen molar-refractivity contribution in [1.82, 2.24) is 19.7 Å². The number of rotatable bonds is 5. The average Bonchev–Trinajstić information content (AvgIpc) is 2.77. The molecule has 23 heavy (non-hydrogen) atoms. The van der Waals surface area contributed by atoms with Crippen molar-refractivity contribution in [3.05, 3.63) is 34.0 Å². The lowest BCUT2D eigenvalue weighted by Gasteiger charge is -2.11. The summed E-state index contributed by atoms with van der Waals surface area (Å²) in [6.45, 7) is 0.375. The lowest BCUT2D eigenvalue weighted by atomic mass is 10.1. The molecule has 2 heterocycles. The zero-order valence-electron chi connectivity index (χ0n) is 12.1. The third-order valence-electron chi connectivity index (χ3n) is 2.97. The lowest BCUT2D eigenvalue weighted by molar-refractivity contribution is -0.142. The van der Waals surface area contributed by atoms with Crippen LogP contribution < -0.4 is 11.3 Å². The Morgan fingerprint density at radius 3 is 2.65 bits per heavy atom. The largest absolute Gasteiger partial charge is 0.408 e. The van der Waals surface area contributed by atoms with Crippen molar-refractivity contribution in [3.63, 3.8) is 0 Å². The number of hydrogen-bond acceptors (Lipinski definition) is 4. The van der Waals surface area contributed by atoms with Crippen LogP contribution in [0.4, 0.5) is 13.2 Å². The predicted molar refractivity (Wildman–Crippen MR) is 74.4 cm³/mol. The maximum atomic E-state index is 12.7. The molecule has 0 unspecified atom stereocenters. The number of nitrogens with two attached hydrogens (primary N) is 1. The monoisotopic (exact) mass is 329 g/mol. The van der Waals surface area contributed by atoms with E-state index < -0.39 is 18.6 Å². The van der Waals surface area contributed by atoms with Crippen LogP contribution in [0, 0.1) is 0 Å². The first-order chi connectivity index (χ1) is 10.7. The van der Waals surface area contributed by atoms with Crippen LogP contribution in [-0.2, 0) is 24.2 Å². The highest BCUT2D eigenvalue weighted by molar-refractivity contribution is 5.75. The van der Waals surface area contributed by atoms with E-state index in [4.69, 9.17) is 5.73 Å². The second kappa shape index (κ2) is 6.23. The van der Waals surface area contributed by atoms with Gasteiger partial charge in [0.2, 0.25) is 11.5 Å². The van der Waals surface area contributed by atoms with E-state index in [-0.39, 0.29) is 23.6 Å². The maximum absolute atomic E-state index is 12.7. The first kappa shape index (κ1) is 16.7. The molecule has 2 aromatic rings. The van der Waals surface area contributed by atoms with Gasteiger partial charge in [-0.05, 0) is 12.5 Å². The van der Waals surface area contributed by atoms with Crippen molar-refractivity contribution in [1.29, 1.82) is 0 Å². The van der Waals surface area contributed by atoms with Gasteiger partial charge in [-0.3, -0.25) is 9.59 Å². The van der Waals surface area contributed by atoms with Gasteiger partial charge >= 0.3 is 6.18 Å². The standard InChI is InChI=1S/C13H14F3N5O2/c1-2-8-7(3-4-11(23)18-8)12-19-10(5-9(17)22)20-21(12)6-13(14,15)16/h3-4H,2,5-6H2,1H3,(H2,17,22)(H,18,23). The van der Waals surface area contributed by atoms with E-state index in [1.807, 2.05) is 0 Å². The van der Waals surface area contributed by atoms with E-state index in [2.05, 4.69) is 15.1 Å². The minimum absolute atomic E-state index is 0.0772. The number of halogens is 3. The third kappa shape index (κ3) is 4.18. The van der Waals surface area contributed by atoms with Crippen molar-refractivity contribution in [3.8, 4) is 11.4 Å². The van der Waals surface area contributed by atoms with Gasteiger partial charge in [0, 0.05) is 17.3 Å². The van der Waals surface area contributed by atoms with Crippen molar-refractivity contribution in [2.24, 2.45) is 5.73 Å². The zero-order chi connectivity index (χ0) is 17.2. The summed E-state index contributed by atoms with van der Waals surface area (Å²) in [6.07, 6.45) is -4.50. The number of pyridine rings is 1. The summed E-state index contributed by atoms with van der Waals surface area (Å²) in [5.41, 5.74) is 5.41. The fourth-order valence-electron chi connectivity index (χ4n) is 2.10. The molecule has 0 saturated carbocycles. The van der Waals surface area contributed by atoms with Gasteiger partial charge in [-0.2, -0.15) is 18.3 Å². The molecule has 0 aromatic carbocycles. The number of H-pyrrole nitrogens is 1. The molecule has 0 bridgehead atoms. The van der Waals surface area contributed by atoms with Gasteiger partial charge in [0.15, 0.2) is 11.6 Å². The molecule has 0 aliphatic carbocycles. The van der Waals surface area contributed by atoms with Crippen LogP contribution in [0.5, 0.6) is 0 Å². The van der Waals surface area contributed by atoms with E-state index in [1.165, 1.54) is 12.1 Å². The number of carbonyl (C=O) groups is 1. The van der Waals surface area contributed by atoms with E-state index in [9.17, 15) is 22.8 Å². The Bertz CT molecular complexity index is 779. The fraction of sp³-hybridized carbons (Fsp3) is 0.385. The topological polar surface area (TPSA) is 107 Å². The minimum atomic E-state index is -4.51. The van der Waals surface area contributed by atoms with Crippen LogP contribution in [0.3, 0.4) is 0 Å². The Hall–Kier alpha value is -2.65. The van der Waals surface area contributed by atoms with Crippen LogP contribution >= 0.6 is 0 Å². The molecule has 2 rings (SSSR count). The molecular formula is C13H14F3N5O2. The van der Waals surface area contributed by atoms with Gasteiger partial charge in [-0.1, -0.05) is 6.92 Å². The molecule has 10 heteroatoms. The van der Waals surface area contributed by atoms with E-state index in [0.717, 1.165) is 0 Å². The van der Waals surface area contributed by atoms with Gasteiger partial charge in [0.25, 0.3) is 0 Å². The average molecular weight is 329 g/mol. The molecule has 0 atom stereocenters. The molecule has 0 radical (unpaired) electrons. The van der Waals surface area contributed by atoms with Gasteiger partial charge in [0.1, 0.15) is 6.54 Å². The van der Waals surface area contributed by atoms with Crippen LogP contribution in [-0.4, -0.2) is 31.8 Å². The number of aromatic amines is 1. The number of nitrogens with zero attached hydrogens (tertiary/aromatic N) is 3. The number of nitrogens with one attached hydrogen (secondary N) is 1. The third-order valence-corrected chi connectivity index (χ3v) is 2.97. The van der Waals surface area contributed by atoms with Gasteiger partial charge in [-0.25, -0.2) is 9.67 Å². The smallest absolute Gasteiger partial charge is 0.369 e. The molecule has 2 aromatic heterocycles. The molecule has 0 aliphatic rings. The molecule has 7 nitrogen and oxygen atoms in total. The minimum Gasteiger partial charge on any atom is -0.369 e.